The SMILES string of the molecule is O=[N+]([O-])c1ccc(CNCC2CCCC2O)cc1F. The number of rotatable bonds is 5. The van der Waals surface area contributed by atoms with E-state index in [-0.39, 0.29) is 12.0 Å². The van der Waals surface area contributed by atoms with Crippen molar-refractivity contribution in [2.75, 3.05) is 6.54 Å². The molecule has 0 radical (unpaired) electrons. The van der Waals surface area contributed by atoms with Crippen LogP contribution in [0, 0.1) is 21.8 Å². The smallest absolute Gasteiger partial charge is 0.304 e. The second kappa shape index (κ2) is 6.08. The Balaban J connectivity index is 1.86. The molecule has 1 saturated carbocycles. The molecule has 1 fully saturated rings. The number of aliphatic hydroxyl groups excluding tert-OH is 1. The molecular formula is C13H17FN2O3. The third-order valence-electron chi connectivity index (χ3n) is 3.56. The standard InChI is InChI=1S/C13H17FN2O3/c14-11-6-9(4-5-12(11)16(18)19)7-15-8-10-2-1-3-13(10)17/h4-6,10,13,15,17H,1-3,7-8H2. The number of benzene rings is 1. The molecule has 2 unspecified atom stereocenters. The average Bonchev–Trinajstić information content (AvgIpc) is 2.75. The number of nitrogens with one attached hydrogen (secondary N) is 1. The summed E-state index contributed by atoms with van der Waals surface area (Å²) in [6.45, 7) is 1.12. The highest BCUT2D eigenvalue weighted by Crippen LogP contribution is 2.24. The molecule has 1 aromatic rings. The van der Waals surface area contributed by atoms with E-state index in [1.54, 1.807) is 6.07 Å². The second-order valence-electron chi connectivity index (χ2n) is 4.93. The van der Waals surface area contributed by atoms with Crippen molar-refractivity contribution in [2.24, 2.45) is 5.92 Å². The summed E-state index contributed by atoms with van der Waals surface area (Å²) in [5.41, 5.74) is 0.158. The maximum atomic E-state index is 13.4. The monoisotopic (exact) mass is 268 g/mol. The van der Waals surface area contributed by atoms with Gasteiger partial charge in [-0.25, -0.2) is 0 Å². The number of nitrogens with zero attached hydrogens (tertiary/aromatic N) is 1. The summed E-state index contributed by atoms with van der Waals surface area (Å²) in [4.78, 5) is 9.74. The average molecular weight is 268 g/mol. The van der Waals surface area contributed by atoms with Gasteiger partial charge in [-0.05, 0) is 30.4 Å². The molecule has 0 bridgehead atoms. The number of aliphatic hydroxyl groups is 1. The molecule has 6 heteroatoms. The number of hydrogen-bond acceptors (Lipinski definition) is 4. The highest BCUT2D eigenvalue weighted by molar-refractivity contribution is 5.34. The molecular weight excluding hydrogens is 251 g/mol. The summed E-state index contributed by atoms with van der Waals surface area (Å²) in [6, 6.07) is 3.90. The summed E-state index contributed by atoms with van der Waals surface area (Å²) < 4.78 is 13.4. The molecule has 0 aromatic heterocycles. The van der Waals surface area contributed by atoms with Gasteiger partial charge in [0.05, 0.1) is 11.0 Å². The van der Waals surface area contributed by atoms with Gasteiger partial charge in [-0.1, -0.05) is 12.5 Å². The van der Waals surface area contributed by atoms with Gasteiger partial charge in [-0.2, -0.15) is 4.39 Å². The first-order valence-electron chi connectivity index (χ1n) is 6.39. The fraction of sp³-hybridized carbons (Fsp3) is 0.538. The molecule has 2 atom stereocenters. The third kappa shape index (κ3) is 3.48. The Kier molecular flexibility index (Phi) is 4.44. The van der Waals surface area contributed by atoms with E-state index in [1.165, 1.54) is 12.1 Å². The number of hydrogen-bond donors (Lipinski definition) is 2. The highest BCUT2D eigenvalue weighted by atomic mass is 19.1. The number of nitro benzene ring substituents is 1. The first kappa shape index (κ1) is 13.9. The van der Waals surface area contributed by atoms with Crippen molar-refractivity contribution in [3.05, 3.63) is 39.7 Å². The molecule has 1 aliphatic rings. The Hall–Kier alpha value is -1.53. The Morgan fingerprint density at radius 3 is 2.84 bits per heavy atom. The fourth-order valence-corrected chi connectivity index (χ4v) is 2.47. The summed E-state index contributed by atoms with van der Waals surface area (Å²) in [5.74, 6) is -0.562. The molecule has 104 valence electrons. The van der Waals surface area contributed by atoms with Gasteiger partial charge in [-0.3, -0.25) is 10.1 Å². The van der Waals surface area contributed by atoms with Gasteiger partial charge >= 0.3 is 5.69 Å². The fourth-order valence-electron chi connectivity index (χ4n) is 2.47. The van der Waals surface area contributed by atoms with E-state index in [2.05, 4.69) is 5.32 Å². The van der Waals surface area contributed by atoms with Crippen LogP contribution in [0.5, 0.6) is 0 Å². The highest BCUT2D eigenvalue weighted by Gasteiger charge is 2.24. The lowest BCUT2D eigenvalue weighted by Crippen LogP contribution is -2.27. The lowest BCUT2D eigenvalue weighted by molar-refractivity contribution is -0.387. The van der Waals surface area contributed by atoms with Crippen LogP contribution in [0.2, 0.25) is 0 Å². The van der Waals surface area contributed by atoms with E-state index in [4.69, 9.17) is 0 Å². The molecule has 0 saturated heterocycles. The Morgan fingerprint density at radius 1 is 1.47 bits per heavy atom. The van der Waals surface area contributed by atoms with Crippen molar-refractivity contribution in [2.45, 2.75) is 31.9 Å². The molecule has 0 heterocycles. The van der Waals surface area contributed by atoms with E-state index in [0.717, 1.165) is 19.3 Å². The quantitative estimate of drug-likeness (QED) is 0.632. The largest absolute Gasteiger partial charge is 0.393 e. The van der Waals surface area contributed by atoms with E-state index in [9.17, 15) is 19.6 Å². The van der Waals surface area contributed by atoms with Crippen LogP contribution in [-0.4, -0.2) is 22.7 Å². The van der Waals surface area contributed by atoms with Gasteiger partial charge in [0.25, 0.3) is 0 Å². The van der Waals surface area contributed by atoms with Crippen LogP contribution in [0.4, 0.5) is 10.1 Å². The summed E-state index contributed by atoms with van der Waals surface area (Å²) >= 11 is 0. The summed E-state index contributed by atoms with van der Waals surface area (Å²) in [6.07, 6.45) is 2.64. The minimum absolute atomic E-state index is 0.249. The molecule has 2 N–H and O–H groups in total. The van der Waals surface area contributed by atoms with Crippen molar-refractivity contribution >= 4 is 5.69 Å². The van der Waals surface area contributed by atoms with Gasteiger partial charge in [0, 0.05) is 19.2 Å². The molecule has 0 aliphatic heterocycles. The molecule has 0 spiro atoms. The normalized spacial score (nSPS) is 22.6. The zero-order valence-electron chi connectivity index (χ0n) is 10.5. The van der Waals surface area contributed by atoms with Crippen molar-refractivity contribution in [1.29, 1.82) is 0 Å². The molecule has 1 aromatic carbocycles. The minimum Gasteiger partial charge on any atom is -0.393 e. The minimum atomic E-state index is -0.815. The Morgan fingerprint density at radius 2 is 2.26 bits per heavy atom. The lowest BCUT2D eigenvalue weighted by atomic mass is 10.1. The Bertz CT molecular complexity index is 467. The van der Waals surface area contributed by atoms with Crippen molar-refractivity contribution < 1.29 is 14.4 Å². The van der Waals surface area contributed by atoms with Crippen LogP contribution in [0.15, 0.2) is 18.2 Å². The molecule has 0 amide bonds. The summed E-state index contributed by atoms with van der Waals surface area (Å²) in [5, 5.41) is 23.3. The topological polar surface area (TPSA) is 75.4 Å². The zero-order chi connectivity index (χ0) is 13.8. The Labute approximate surface area is 110 Å². The predicted molar refractivity (Wildman–Crippen MR) is 68.1 cm³/mol. The van der Waals surface area contributed by atoms with Crippen LogP contribution in [-0.2, 0) is 6.54 Å². The lowest BCUT2D eigenvalue weighted by Gasteiger charge is -2.15. The van der Waals surface area contributed by atoms with E-state index in [0.29, 0.717) is 18.7 Å². The predicted octanol–water partition coefficient (Wildman–Crippen LogP) is 1.98. The molecule has 1 aliphatic carbocycles. The van der Waals surface area contributed by atoms with Crippen LogP contribution in [0.1, 0.15) is 24.8 Å². The van der Waals surface area contributed by atoms with E-state index < -0.39 is 16.4 Å². The van der Waals surface area contributed by atoms with E-state index in [1.807, 2.05) is 0 Å². The van der Waals surface area contributed by atoms with Crippen molar-refractivity contribution in [1.82, 2.24) is 5.32 Å². The van der Waals surface area contributed by atoms with Crippen LogP contribution in [0.3, 0.4) is 0 Å². The number of nitro groups is 1. The van der Waals surface area contributed by atoms with Crippen LogP contribution >= 0.6 is 0 Å². The van der Waals surface area contributed by atoms with Crippen LogP contribution in [0.25, 0.3) is 0 Å². The van der Waals surface area contributed by atoms with Gasteiger partial charge in [0.2, 0.25) is 5.82 Å². The maximum Gasteiger partial charge on any atom is 0.304 e. The van der Waals surface area contributed by atoms with Crippen molar-refractivity contribution in [3.63, 3.8) is 0 Å². The molecule has 19 heavy (non-hydrogen) atoms. The zero-order valence-corrected chi connectivity index (χ0v) is 10.5. The van der Waals surface area contributed by atoms with Crippen LogP contribution < -0.4 is 5.32 Å². The maximum absolute atomic E-state index is 13.4. The van der Waals surface area contributed by atoms with Gasteiger partial charge < -0.3 is 10.4 Å². The second-order valence-corrected chi connectivity index (χ2v) is 4.93. The third-order valence-corrected chi connectivity index (χ3v) is 3.56. The number of halogens is 1. The first-order valence-corrected chi connectivity index (χ1v) is 6.39. The molecule has 2 rings (SSSR count). The van der Waals surface area contributed by atoms with Gasteiger partial charge in [0.1, 0.15) is 0 Å². The first-order chi connectivity index (χ1) is 9.08. The van der Waals surface area contributed by atoms with Gasteiger partial charge in [0.15, 0.2) is 0 Å². The van der Waals surface area contributed by atoms with Crippen molar-refractivity contribution in [3.8, 4) is 0 Å². The van der Waals surface area contributed by atoms with E-state index >= 15 is 0 Å². The molecule has 5 nitrogen and oxygen atoms in total. The summed E-state index contributed by atoms with van der Waals surface area (Å²) in [7, 11) is 0. The van der Waals surface area contributed by atoms with Gasteiger partial charge in [-0.15, -0.1) is 0 Å².